The molecule has 1 aromatic carbocycles. The van der Waals surface area contributed by atoms with Crippen LogP contribution >= 0.6 is 0 Å². The van der Waals surface area contributed by atoms with Crippen molar-refractivity contribution in [1.29, 1.82) is 0 Å². The molecule has 1 heterocycles. The van der Waals surface area contributed by atoms with Crippen LogP contribution in [0.25, 0.3) is 0 Å². The maximum absolute atomic E-state index is 11.6. The number of hydrogen-bond acceptors (Lipinski definition) is 5. The van der Waals surface area contributed by atoms with Crippen molar-refractivity contribution in [1.82, 2.24) is 9.21 Å². The van der Waals surface area contributed by atoms with Gasteiger partial charge in [0.05, 0.1) is 23.2 Å². The highest BCUT2D eigenvalue weighted by Crippen LogP contribution is 2.47. The molecule has 214 valence electrons. The van der Waals surface area contributed by atoms with Crippen LogP contribution in [0.5, 0.6) is 5.75 Å². The molecular formula is C31H50N2O4S. The van der Waals surface area contributed by atoms with E-state index < -0.39 is 11.0 Å². The predicted octanol–water partition coefficient (Wildman–Crippen LogP) is 5.80. The molecule has 0 N–H and O–H groups in total. The summed E-state index contributed by atoms with van der Waals surface area (Å²) in [4.78, 5) is 15.0. The quantitative estimate of drug-likeness (QED) is 0.274. The average molecular weight is 547 g/mol. The Balaban J connectivity index is 1.06. The molecule has 2 bridgehead atoms. The second-order valence-electron chi connectivity index (χ2n) is 12.6. The fourth-order valence-electron chi connectivity index (χ4n) is 7.78. The first-order chi connectivity index (χ1) is 18.5. The van der Waals surface area contributed by atoms with Gasteiger partial charge < -0.3 is 4.74 Å². The van der Waals surface area contributed by atoms with Gasteiger partial charge in [0, 0.05) is 39.0 Å². The lowest BCUT2D eigenvalue weighted by atomic mass is 9.63. The minimum Gasteiger partial charge on any atom is -0.492 e. The van der Waals surface area contributed by atoms with Crippen LogP contribution in [0.1, 0.15) is 83.1 Å². The lowest BCUT2D eigenvalue weighted by molar-refractivity contribution is -0.378. The Morgan fingerprint density at radius 3 is 2.47 bits per heavy atom. The average Bonchev–Trinajstić information content (AvgIpc) is 2.93. The number of benzene rings is 1. The van der Waals surface area contributed by atoms with Crippen molar-refractivity contribution in [2.75, 3.05) is 45.6 Å². The number of rotatable bonds is 10. The Morgan fingerprint density at radius 2 is 1.74 bits per heavy atom. The second-order valence-corrected chi connectivity index (χ2v) is 14.0. The van der Waals surface area contributed by atoms with E-state index in [4.69, 9.17) is 14.5 Å². The maximum atomic E-state index is 11.6. The fraction of sp³-hybridized carbons (Fsp3) is 0.806. The fourth-order valence-corrected chi connectivity index (χ4v) is 8.46. The molecule has 0 aromatic heterocycles. The molecule has 1 aliphatic heterocycles. The Labute approximate surface area is 233 Å². The van der Waals surface area contributed by atoms with Crippen molar-refractivity contribution in [3.63, 3.8) is 0 Å². The van der Waals surface area contributed by atoms with Gasteiger partial charge in [-0.25, -0.2) is 18.3 Å². The van der Waals surface area contributed by atoms with Gasteiger partial charge in [-0.2, -0.15) is 0 Å². The van der Waals surface area contributed by atoms with Gasteiger partial charge >= 0.3 is 0 Å². The molecule has 0 radical (unpaired) electrons. The summed E-state index contributed by atoms with van der Waals surface area (Å²) < 4.78 is 19.7. The third-order valence-electron chi connectivity index (χ3n) is 9.82. The summed E-state index contributed by atoms with van der Waals surface area (Å²) >= 11 is 0. The third kappa shape index (κ3) is 7.39. The van der Waals surface area contributed by atoms with Crippen molar-refractivity contribution >= 4 is 11.0 Å². The molecule has 0 amide bonds. The van der Waals surface area contributed by atoms with E-state index in [1.54, 1.807) is 6.26 Å². The van der Waals surface area contributed by atoms with E-state index >= 15 is 0 Å². The van der Waals surface area contributed by atoms with Crippen molar-refractivity contribution in [3.05, 3.63) is 29.8 Å². The molecule has 8 atom stereocenters. The Kier molecular flexibility index (Phi) is 10.2. The van der Waals surface area contributed by atoms with E-state index in [1.165, 1.54) is 50.5 Å². The number of hydrogen-bond donors (Lipinski definition) is 0. The van der Waals surface area contributed by atoms with Crippen LogP contribution in [0.15, 0.2) is 24.3 Å². The van der Waals surface area contributed by atoms with Gasteiger partial charge in [0.15, 0.2) is 0 Å². The number of ether oxygens (including phenoxy) is 1. The van der Waals surface area contributed by atoms with E-state index in [2.05, 4.69) is 43.0 Å². The van der Waals surface area contributed by atoms with Crippen LogP contribution in [0.4, 0.5) is 0 Å². The summed E-state index contributed by atoms with van der Waals surface area (Å²) in [6.07, 6.45) is 13.4. The monoisotopic (exact) mass is 546 g/mol. The van der Waals surface area contributed by atoms with Crippen LogP contribution in [-0.4, -0.2) is 71.2 Å². The zero-order chi connectivity index (χ0) is 26.5. The lowest BCUT2D eigenvalue weighted by Gasteiger charge is -2.46. The largest absolute Gasteiger partial charge is 0.492 e. The normalized spacial score (nSPS) is 35.6. The van der Waals surface area contributed by atoms with Crippen molar-refractivity contribution in [2.45, 2.75) is 89.8 Å². The van der Waals surface area contributed by atoms with Crippen molar-refractivity contribution < 1.29 is 18.7 Å². The smallest absolute Gasteiger partial charge is 0.119 e. The van der Waals surface area contributed by atoms with E-state index in [9.17, 15) is 4.21 Å². The van der Waals surface area contributed by atoms with E-state index in [0.717, 1.165) is 63.2 Å². The molecule has 4 fully saturated rings. The first kappa shape index (κ1) is 28.5. The molecular weight excluding hydrogens is 496 g/mol. The van der Waals surface area contributed by atoms with Gasteiger partial charge in [0.1, 0.15) is 12.4 Å². The van der Waals surface area contributed by atoms with Crippen molar-refractivity contribution in [3.8, 4) is 5.75 Å². The molecule has 1 aromatic rings. The summed E-state index contributed by atoms with van der Waals surface area (Å²) in [7, 11) is -0.856. The molecule has 7 heteroatoms. The standard InChI is InChI=1S/C31H50N2O4S/c1-4-25-20-24-18-23(2)19-28(21-24)31(25)37-36-30-7-5-6-27(22-30)26-8-10-29(11-9-26)35-17-16-32-12-14-33(15-13-32)38(3)34/h8-11,23-25,27-28,30-31H,4-7,12-22H2,1-3H3. The van der Waals surface area contributed by atoms with Crippen LogP contribution < -0.4 is 4.74 Å². The highest BCUT2D eigenvalue weighted by atomic mass is 32.2. The summed E-state index contributed by atoms with van der Waals surface area (Å²) in [6, 6.07) is 8.75. The minimum absolute atomic E-state index is 0.200. The molecule has 8 unspecified atom stereocenters. The summed E-state index contributed by atoms with van der Waals surface area (Å²) in [6.45, 7) is 10.00. The summed E-state index contributed by atoms with van der Waals surface area (Å²) in [5.41, 5.74) is 1.39. The highest BCUT2D eigenvalue weighted by Gasteiger charge is 2.43. The first-order valence-electron chi connectivity index (χ1n) is 15.3. The number of fused-ring (bicyclic) bond motifs is 2. The molecule has 1 saturated heterocycles. The zero-order valence-electron chi connectivity index (χ0n) is 23.9. The number of piperazine rings is 1. The van der Waals surface area contributed by atoms with Crippen LogP contribution in [0.2, 0.25) is 0 Å². The van der Waals surface area contributed by atoms with Crippen LogP contribution in [0, 0.1) is 23.7 Å². The maximum Gasteiger partial charge on any atom is 0.119 e. The first-order valence-corrected chi connectivity index (χ1v) is 16.9. The van der Waals surface area contributed by atoms with Crippen LogP contribution in [-0.2, 0) is 20.8 Å². The summed E-state index contributed by atoms with van der Waals surface area (Å²) in [5.74, 6) is 4.55. The van der Waals surface area contributed by atoms with Gasteiger partial charge in [-0.1, -0.05) is 38.8 Å². The Bertz CT molecular complexity index is 888. The second kappa shape index (κ2) is 13.6. The lowest BCUT2D eigenvalue weighted by Crippen LogP contribution is -2.47. The van der Waals surface area contributed by atoms with Gasteiger partial charge in [0.2, 0.25) is 0 Å². The topological polar surface area (TPSA) is 51.2 Å². The summed E-state index contributed by atoms with van der Waals surface area (Å²) in [5, 5.41) is 0. The van der Waals surface area contributed by atoms with Crippen molar-refractivity contribution in [2.24, 2.45) is 23.7 Å². The van der Waals surface area contributed by atoms with Gasteiger partial charge in [0.25, 0.3) is 0 Å². The third-order valence-corrected chi connectivity index (χ3v) is 10.9. The molecule has 0 spiro atoms. The molecule has 4 aliphatic rings. The predicted molar refractivity (Wildman–Crippen MR) is 153 cm³/mol. The molecule has 3 saturated carbocycles. The van der Waals surface area contributed by atoms with E-state index in [1.807, 2.05) is 4.31 Å². The highest BCUT2D eigenvalue weighted by molar-refractivity contribution is 7.81. The zero-order valence-corrected chi connectivity index (χ0v) is 24.7. The number of nitrogens with zero attached hydrogens (tertiary/aromatic N) is 2. The SMILES string of the molecule is CCC1CC2CC(C)CC(C2)C1OOC1CCCC(c2ccc(OCCN3CCN(S(C)=O)CC3)cc2)C1. The van der Waals surface area contributed by atoms with Crippen LogP contribution in [0.3, 0.4) is 0 Å². The molecule has 38 heavy (non-hydrogen) atoms. The Hall–Kier alpha value is -0.990. The molecule has 3 aliphatic carbocycles. The Morgan fingerprint density at radius 1 is 0.947 bits per heavy atom. The van der Waals surface area contributed by atoms with Gasteiger partial charge in [-0.3, -0.25) is 4.90 Å². The molecule has 6 nitrogen and oxygen atoms in total. The molecule has 5 rings (SSSR count). The van der Waals surface area contributed by atoms with E-state index in [-0.39, 0.29) is 12.2 Å². The van der Waals surface area contributed by atoms with Gasteiger partial charge in [-0.05, 0) is 92.2 Å². The minimum atomic E-state index is -0.856. The van der Waals surface area contributed by atoms with Gasteiger partial charge in [-0.15, -0.1) is 0 Å². The van der Waals surface area contributed by atoms with E-state index in [0.29, 0.717) is 24.4 Å².